The number of rotatable bonds is 7. The number of carbonyl (C=O) groups is 1. The van der Waals surface area contributed by atoms with Gasteiger partial charge in [0.05, 0.1) is 5.41 Å². The zero-order valence-corrected chi connectivity index (χ0v) is 22.4. The molecule has 1 aliphatic rings. The Hall–Kier alpha value is -2.74. The Morgan fingerprint density at radius 3 is 2.30 bits per heavy atom. The lowest BCUT2D eigenvalue weighted by Crippen LogP contribution is -2.79. The first-order chi connectivity index (χ1) is 15.8. The molecule has 3 aromatic rings. The smallest absolute Gasteiger partial charge is 0.358 e. The van der Waals surface area contributed by atoms with Crippen LogP contribution in [-0.4, -0.2) is 34.6 Å². The Balaban J connectivity index is 1.88. The third kappa shape index (κ3) is 3.55. The van der Waals surface area contributed by atoms with Gasteiger partial charge in [0, 0.05) is 17.5 Å². The maximum absolute atomic E-state index is 12.4. The van der Waals surface area contributed by atoms with Crippen LogP contribution in [-0.2, 0) is 20.3 Å². The van der Waals surface area contributed by atoms with Crippen molar-refractivity contribution in [3.05, 3.63) is 95.5 Å². The standard InChI is InChI=1S/C26H30N2O3SSi/c1-5-16-30-22(29)21-17-32-23(27-21)28-18-25(24(2,3)4,19-12-8-6-9-13-19)26(28,31-33)20-14-10-7-11-15-20/h5-15,17H,1,16,18H2,2-4,33H3. The van der Waals surface area contributed by atoms with Gasteiger partial charge in [0.2, 0.25) is 0 Å². The fourth-order valence-electron chi connectivity index (χ4n) is 5.14. The van der Waals surface area contributed by atoms with Crippen molar-refractivity contribution >= 4 is 32.9 Å². The highest BCUT2D eigenvalue weighted by Gasteiger charge is 2.71. The molecule has 2 aromatic carbocycles. The number of anilines is 1. The molecule has 4 rings (SSSR count). The second-order valence-electron chi connectivity index (χ2n) is 9.22. The largest absolute Gasteiger partial charge is 0.457 e. The normalized spacial score (nSPS) is 22.6. The topological polar surface area (TPSA) is 51.7 Å². The van der Waals surface area contributed by atoms with E-state index in [1.807, 2.05) is 24.3 Å². The van der Waals surface area contributed by atoms with E-state index < -0.39 is 11.7 Å². The molecular formula is C26H30N2O3SSi. The van der Waals surface area contributed by atoms with Crippen LogP contribution in [0, 0.1) is 5.41 Å². The van der Waals surface area contributed by atoms with Crippen LogP contribution in [0.15, 0.2) is 78.7 Å². The average Bonchev–Trinajstić information content (AvgIpc) is 3.28. The van der Waals surface area contributed by atoms with E-state index in [1.54, 1.807) is 11.5 Å². The first kappa shape index (κ1) is 23.4. The summed E-state index contributed by atoms with van der Waals surface area (Å²) in [6.07, 6.45) is 1.55. The molecule has 7 heteroatoms. The van der Waals surface area contributed by atoms with Gasteiger partial charge in [0.25, 0.3) is 0 Å². The fraction of sp³-hybridized carbons (Fsp3) is 0.308. The lowest BCUT2D eigenvalue weighted by atomic mass is 9.50. The highest BCUT2D eigenvalue weighted by molar-refractivity contribution is 7.14. The molecule has 2 heterocycles. The van der Waals surface area contributed by atoms with Crippen LogP contribution in [0.1, 0.15) is 42.4 Å². The molecule has 172 valence electrons. The van der Waals surface area contributed by atoms with Gasteiger partial charge in [-0.15, -0.1) is 11.3 Å². The summed E-state index contributed by atoms with van der Waals surface area (Å²) < 4.78 is 11.9. The molecule has 0 spiro atoms. The number of ether oxygens (including phenoxy) is 1. The minimum atomic E-state index is -0.750. The van der Waals surface area contributed by atoms with Crippen molar-refractivity contribution in [1.29, 1.82) is 0 Å². The summed E-state index contributed by atoms with van der Waals surface area (Å²) in [5, 5.41) is 2.50. The van der Waals surface area contributed by atoms with E-state index >= 15 is 0 Å². The van der Waals surface area contributed by atoms with Gasteiger partial charge in [-0.1, -0.05) is 94.1 Å². The summed E-state index contributed by atoms with van der Waals surface area (Å²) in [5.41, 5.74) is 1.40. The molecule has 33 heavy (non-hydrogen) atoms. The molecule has 0 N–H and O–H groups in total. The zero-order chi connectivity index (χ0) is 23.7. The number of nitrogens with zero attached hydrogens (tertiary/aromatic N) is 2. The summed E-state index contributed by atoms with van der Waals surface area (Å²) in [4.78, 5) is 19.3. The number of carbonyl (C=O) groups excluding carboxylic acids is 1. The van der Waals surface area contributed by atoms with Crippen LogP contribution < -0.4 is 4.90 Å². The van der Waals surface area contributed by atoms with Crippen LogP contribution in [0.4, 0.5) is 5.13 Å². The van der Waals surface area contributed by atoms with Gasteiger partial charge in [0.15, 0.2) is 16.6 Å². The highest BCUT2D eigenvalue weighted by Crippen LogP contribution is 2.64. The summed E-state index contributed by atoms with van der Waals surface area (Å²) >= 11 is 1.44. The van der Waals surface area contributed by atoms with Crippen molar-refractivity contribution < 1.29 is 14.0 Å². The van der Waals surface area contributed by atoms with Gasteiger partial charge in [-0.05, 0) is 11.0 Å². The van der Waals surface area contributed by atoms with Gasteiger partial charge < -0.3 is 14.1 Å². The summed E-state index contributed by atoms with van der Waals surface area (Å²) in [6.45, 7) is 11.3. The summed E-state index contributed by atoms with van der Waals surface area (Å²) in [7, 11) is 0.525. The minimum Gasteiger partial charge on any atom is -0.457 e. The molecule has 0 radical (unpaired) electrons. The Morgan fingerprint density at radius 1 is 1.15 bits per heavy atom. The summed E-state index contributed by atoms with van der Waals surface area (Å²) in [5.74, 6) is -0.444. The third-order valence-electron chi connectivity index (χ3n) is 6.63. The minimum absolute atomic E-state index is 0.131. The number of aromatic nitrogens is 1. The SMILES string of the molecule is C=CCOC(=O)c1csc(N2CC(c3ccccc3)(C(C)(C)C)C2(O[SiH3])c2ccccc2)n1. The van der Waals surface area contributed by atoms with E-state index in [0.29, 0.717) is 22.7 Å². The Kier molecular flexibility index (Phi) is 6.31. The lowest BCUT2D eigenvalue weighted by Gasteiger charge is -2.70. The number of esters is 1. The molecular weight excluding hydrogens is 448 g/mol. The van der Waals surface area contributed by atoms with Gasteiger partial charge in [-0.25, -0.2) is 9.78 Å². The molecule has 0 bridgehead atoms. The molecule has 1 aliphatic heterocycles. The Bertz CT molecular complexity index is 1130. The van der Waals surface area contributed by atoms with Crippen LogP contribution in [0.2, 0.25) is 0 Å². The van der Waals surface area contributed by atoms with Crippen LogP contribution in [0.25, 0.3) is 0 Å². The zero-order valence-electron chi connectivity index (χ0n) is 19.6. The quantitative estimate of drug-likeness (QED) is 0.285. The lowest BCUT2D eigenvalue weighted by molar-refractivity contribution is -0.130. The van der Waals surface area contributed by atoms with Crippen molar-refractivity contribution in [2.45, 2.75) is 31.9 Å². The predicted molar refractivity (Wildman–Crippen MR) is 137 cm³/mol. The van der Waals surface area contributed by atoms with E-state index in [4.69, 9.17) is 9.16 Å². The van der Waals surface area contributed by atoms with Crippen LogP contribution in [0.5, 0.6) is 0 Å². The molecule has 1 fully saturated rings. The molecule has 2 atom stereocenters. The van der Waals surface area contributed by atoms with Crippen LogP contribution in [0.3, 0.4) is 0 Å². The molecule has 2 unspecified atom stereocenters. The Morgan fingerprint density at radius 2 is 1.76 bits per heavy atom. The van der Waals surface area contributed by atoms with Gasteiger partial charge >= 0.3 is 5.97 Å². The van der Waals surface area contributed by atoms with Crippen LogP contribution >= 0.6 is 11.3 Å². The van der Waals surface area contributed by atoms with E-state index in [-0.39, 0.29) is 17.4 Å². The maximum atomic E-state index is 12.4. The van der Waals surface area contributed by atoms with Gasteiger partial charge in [0.1, 0.15) is 17.1 Å². The van der Waals surface area contributed by atoms with E-state index in [0.717, 1.165) is 10.7 Å². The first-order valence-electron chi connectivity index (χ1n) is 11.0. The van der Waals surface area contributed by atoms with Crippen molar-refractivity contribution in [1.82, 2.24) is 4.98 Å². The molecule has 1 aromatic heterocycles. The fourth-order valence-corrected chi connectivity index (χ4v) is 6.79. The maximum Gasteiger partial charge on any atom is 0.358 e. The van der Waals surface area contributed by atoms with Gasteiger partial charge in [-0.3, -0.25) is 0 Å². The number of hydrogen-bond donors (Lipinski definition) is 0. The number of thiazole rings is 1. The highest BCUT2D eigenvalue weighted by atomic mass is 32.1. The van der Waals surface area contributed by atoms with E-state index in [9.17, 15) is 4.79 Å². The second-order valence-corrected chi connectivity index (χ2v) is 10.5. The molecule has 5 nitrogen and oxygen atoms in total. The van der Waals surface area contributed by atoms with E-state index in [1.165, 1.54) is 16.9 Å². The number of benzene rings is 2. The van der Waals surface area contributed by atoms with Crippen molar-refractivity contribution in [3.63, 3.8) is 0 Å². The van der Waals surface area contributed by atoms with Crippen molar-refractivity contribution in [3.8, 4) is 0 Å². The Labute approximate surface area is 202 Å². The molecule has 1 saturated heterocycles. The molecule has 0 aliphatic carbocycles. The van der Waals surface area contributed by atoms with Crippen molar-refractivity contribution in [2.75, 3.05) is 18.1 Å². The molecule has 0 amide bonds. The molecule has 0 saturated carbocycles. The summed E-state index contributed by atoms with van der Waals surface area (Å²) in [6, 6.07) is 21.0. The first-order valence-corrected chi connectivity index (χ1v) is 12.7. The van der Waals surface area contributed by atoms with Gasteiger partial charge in [-0.2, -0.15) is 0 Å². The number of hydrogen-bond acceptors (Lipinski definition) is 6. The van der Waals surface area contributed by atoms with E-state index in [2.05, 4.69) is 73.6 Å². The monoisotopic (exact) mass is 478 g/mol. The third-order valence-corrected chi connectivity index (χ3v) is 8.08. The second kappa shape index (κ2) is 8.89. The average molecular weight is 479 g/mol. The van der Waals surface area contributed by atoms with Crippen molar-refractivity contribution in [2.24, 2.45) is 5.41 Å². The predicted octanol–water partition coefficient (Wildman–Crippen LogP) is 4.44.